The van der Waals surface area contributed by atoms with Crippen LogP contribution in [0.5, 0.6) is 0 Å². The van der Waals surface area contributed by atoms with E-state index in [1.165, 1.54) is 23.6 Å². The van der Waals surface area contributed by atoms with Gasteiger partial charge in [-0.15, -0.1) is 0 Å². The molecule has 0 radical (unpaired) electrons. The van der Waals surface area contributed by atoms with Crippen LogP contribution in [0.2, 0.25) is 0 Å². The van der Waals surface area contributed by atoms with Crippen LogP contribution in [0.4, 0.5) is 10.1 Å². The number of amides is 1. The van der Waals surface area contributed by atoms with Gasteiger partial charge in [-0.2, -0.15) is 0 Å². The second-order valence-corrected chi connectivity index (χ2v) is 8.59. The quantitative estimate of drug-likeness (QED) is 0.475. The highest BCUT2D eigenvalue weighted by Gasteiger charge is 2.23. The SMILES string of the molecule is O=C(CCC(=O)c1ccc2c(c1)CCCC2)OCC(=O)N1CCN(c2ccccc2F)CC1. The van der Waals surface area contributed by atoms with E-state index >= 15 is 0 Å². The number of fused-ring (bicyclic) bond motifs is 1. The molecule has 0 unspecified atom stereocenters. The van der Waals surface area contributed by atoms with Gasteiger partial charge in [0.15, 0.2) is 12.4 Å². The number of benzene rings is 2. The number of ketones is 1. The number of esters is 1. The summed E-state index contributed by atoms with van der Waals surface area (Å²) in [7, 11) is 0. The molecule has 2 aromatic rings. The average molecular weight is 453 g/mol. The lowest BCUT2D eigenvalue weighted by Gasteiger charge is -2.36. The molecule has 2 aromatic carbocycles. The molecule has 2 aliphatic rings. The molecular formula is C26H29FN2O4. The highest BCUT2D eigenvalue weighted by molar-refractivity contribution is 5.98. The van der Waals surface area contributed by atoms with E-state index in [0.29, 0.717) is 37.4 Å². The molecule has 174 valence electrons. The van der Waals surface area contributed by atoms with Crippen molar-refractivity contribution in [3.8, 4) is 0 Å². The number of carbonyl (C=O) groups excluding carboxylic acids is 3. The van der Waals surface area contributed by atoms with Crippen LogP contribution in [0.15, 0.2) is 42.5 Å². The highest BCUT2D eigenvalue weighted by Crippen LogP contribution is 2.23. The van der Waals surface area contributed by atoms with Crippen LogP contribution in [0.1, 0.15) is 47.2 Å². The van der Waals surface area contributed by atoms with Crippen LogP contribution in [0.25, 0.3) is 0 Å². The van der Waals surface area contributed by atoms with Crippen LogP contribution in [0, 0.1) is 5.82 Å². The molecule has 6 nitrogen and oxygen atoms in total. The first-order chi connectivity index (χ1) is 16.0. The molecule has 0 aromatic heterocycles. The van der Waals surface area contributed by atoms with E-state index in [1.54, 1.807) is 23.1 Å². The Kier molecular flexibility index (Phi) is 7.37. The zero-order chi connectivity index (χ0) is 23.2. The van der Waals surface area contributed by atoms with Crippen molar-refractivity contribution < 1.29 is 23.5 Å². The van der Waals surface area contributed by atoms with Crippen molar-refractivity contribution in [1.82, 2.24) is 4.90 Å². The number of hydrogen-bond donors (Lipinski definition) is 0. The molecule has 1 amide bonds. The Labute approximate surface area is 193 Å². The second kappa shape index (κ2) is 10.6. The number of anilines is 1. The van der Waals surface area contributed by atoms with Gasteiger partial charge in [-0.05, 0) is 55.0 Å². The van der Waals surface area contributed by atoms with Crippen molar-refractivity contribution in [2.75, 3.05) is 37.7 Å². The molecule has 1 heterocycles. The minimum Gasteiger partial charge on any atom is -0.456 e. The predicted octanol–water partition coefficient (Wildman–Crippen LogP) is 3.56. The first kappa shape index (κ1) is 23.0. The minimum atomic E-state index is -0.556. The summed E-state index contributed by atoms with van der Waals surface area (Å²) in [4.78, 5) is 40.5. The van der Waals surface area contributed by atoms with Crippen molar-refractivity contribution in [2.45, 2.75) is 38.5 Å². The fourth-order valence-electron chi connectivity index (χ4n) is 4.48. The van der Waals surface area contributed by atoms with Crippen LogP contribution >= 0.6 is 0 Å². The summed E-state index contributed by atoms with van der Waals surface area (Å²) in [5.41, 5.74) is 3.70. The minimum absolute atomic E-state index is 0.0513. The van der Waals surface area contributed by atoms with E-state index in [0.717, 1.165) is 19.3 Å². The van der Waals surface area contributed by atoms with E-state index in [1.807, 2.05) is 23.1 Å². The second-order valence-electron chi connectivity index (χ2n) is 8.59. The topological polar surface area (TPSA) is 66.9 Å². The third-order valence-corrected chi connectivity index (χ3v) is 6.41. The van der Waals surface area contributed by atoms with Gasteiger partial charge in [-0.3, -0.25) is 14.4 Å². The van der Waals surface area contributed by atoms with E-state index in [9.17, 15) is 18.8 Å². The van der Waals surface area contributed by atoms with Crippen LogP contribution in [-0.2, 0) is 27.2 Å². The van der Waals surface area contributed by atoms with Crippen molar-refractivity contribution in [3.05, 3.63) is 65.0 Å². The zero-order valence-corrected chi connectivity index (χ0v) is 18.7. The molecule has 7 heteroatoms. The van der Waals surface area contributed by atoms with Gasteiger partial charge in [-0.1, -0.05) is 24.3 Å². The van der Waals surface area contributed by atoms with Crippen molar-refractivity contribution in [1.29, 1.82) is 0 Å². The molecule has 33 heavy (non-hydrogen) atoms. The van der Waals surface area contributed by atoms with E-state index in [4.69, 9.17) is 4.74 Å². The van der Waals surface area contributed by atoms with Crippen LogP contribution in [-0.4, -0.2) is 55.3 Å². The third kappa shape index (κ3) is 5.78. The molecule has 4 rings (SSSR count). The van der Waals surface area contributed by atoms with Crippen molar-refractivity contribution in [3.63, 3.8) is 0 Å². The normalized spacial score (nSPS) is 15.7. The van der Waals surface area contributed by atoms with E-state index in [-0.39, 0.29) is 37.0 Å². The summed E-state index contributed by atoms with van der Waals surface area (Å²) in [6.45, 7) is 1.54. The summed E-state index contributed by atoms with van der Waals surface area (Å²) in [5, 5.41) is 0. The number of piperazine rings is 1. The number of rotatable bonds is 7. The van der Waals surface area contributed by atoms with Gasteiger partial charge >= 0.3 is 5.97 Å². The molecule has 0 saturated carbocycles. The lowest BCUT2D eigenvalue weighted by atomic mass is 9.89. The summed E-state index contributed by atoms with van der Waals surface area (Å²) in [5.74, 6) is -1.20. The summed E-state index contributed by atoms with van der Waals surface area (Å²) < 4.78 is 19.1. The maximum Gasteiger partial charge on any atom is 0.306 e. The molecule has 1 fully saturated rings. The Morgan fingerprint density at radius 3 is 2.36 bits per heavy atom. The summed E-state index contributed by atoms with van der Waals surface area (Å²) in [6, 6.07) is 12.4. The van der Waals surface area contributed by atoms with E-state index in [2.05, 4.69) is 0 Å². The van der Waals surface area contributed by atoms with Gasteiger partial charge in [-0.25, -0.2) is 4.39 Å². The monoisotopic (exact) mass is 452 g/mol. The zero-order valence-electron chi connectivity index (χ0n) is 18.7. The maximum atomic E-state index is 13.9. The van der Waals surface area contributed by atoms with Gasteiger partial charge in [0.05, 0.1) is 12.1 Å². The molecule has 0 N–H and O–H groups in total. The fourth-order valence-corrected chi connectivity index (χ4v) is 4.48. The van der Waals surface area contributed by atoms with Gasteiger partial charge in [0, 0.05) is 38.2 Å². The molecule has 1 saturated heterocycles. The lowest BCUT2D eigenvalue weighted by Crippen LogP contribution is -2.50. The van der Waals surface area contributed by atoms with Crippen LogP contribution < -0.4 is 4.90 Å². The maximum absolute atomic E-state index is 13.9. The number of aryl methyl sites for hydroxylation is 2. The number of halogens is 1. The lowest BCUT2D eigenvalue weighted by molar-refractivity contribution is -0.152. The number of ether oxygens (including phenoxy) is 1. The standard InChI is InChI=1S/C26H29FN2O4/c27-22-7-3-4-8-23(22)28-13-15-29(16-14-28)25(31)18-33-26(32)12-11-24(30)21-10-9-19-5-1-2-6-20(19)17-21/h3-4,7-10,17H,1-2,5-6,11-16,18H2. The first-order valence-electron chi connectivity index (χ1n) is 11.6. The highest BCUT2D eigenvalue weighted by atomic mass is 19.1. The van der Waals surface area contributed by atoms with Gasteiger partial charge < -0.3 is 14.5 Å². The third-order valence-electron chi connectivity index (χ3n) is 6.41. The predicted molar refractivity (Wildman–Crippen MR) is 123 cm³/mol. The molecule has 0 atom stereocenters. The van der Waals surface area contributed by atoms with Gasteiger partial charge in [0.1, 0.15) is 5.82 Å². The number of carbonyl (C=O) groups is 3. The molecule has 1 aliphatic heterocycles. The number of para-hydroxylation sites is 1. The molecule has 1 aliphatic carbocycles. The largest absolute Gasteiger partial charge is 0.456 e. The van der Waals surface area contributed by atoms with Crippen molar-refractivity contribution in [2.24, 2.45) is 0 Å². The Hall–Kier alpha value is -3.22. The van der Waals surface area contributed by atoms with Crippen LogP contribution in [0.3, 0.4) is 0 Å². The van der Waals surface area contributed by atoms with Gasteiger partial charge in [0.25, 0.3) is 5.91 Å². The number of nitrogens with zero attached hydrogens (tertiary/aromatic N) is 2. The van der Waals surface area contributed by atoms with Crippen molar-refractivity contribution >= 4 is 23.3 Å². The summed E-state index contributed by atoms with van der Waals surface area (Å²) >= 11 is 0. The smallest absolute Gasteiger partial charge is 0.306 e. The molecule has 0 bridgehead atoms. The Balaban J connectivity index is 1.18. The Bertz CT molecular complexity index is 1030. The average Bonchev–Trinajstić information content (AvgIpc) is 2.86. The molecular weight excluding hydrogens is 423 g/mol. The number of hydrogen-bond acceptors (Lipinski definition) is 5. The Morgan fingerprint density at radius 2 is 1.61 bits per heavy atom. The van der Waals surface area contributed by atoms with Gasteiger partial charge in [0.2, 0.25) is 0 Å². The van der Waals surface area contributed by atoms with E-state index < -0.39 is 5.97 Å². The summed E-state index contributed by atoms with van der Waals surface area (Å²) in [6.07, 6.45) is 4.39. The first-order valence-corrected chi connectivity index (χ1v) is 11.6. The fraction of sp³-hybridized carbons (Fsp3) is 0.423. The Morgan fingerprint density at radius 1 is 0.879 bits per heavy atom. The molecule has 0 spiro atoms. The number of Topliss-reactive ketones (excluding diaryl/α,β-unsaturated/α-hetero) is 1.